The van der Waals surface area contributed by atoms with Crippen molar-refractivity contribution in [3.63, 3.8) is 0 Å². The number of carbonyl (C=O) groups is 2. The van der Waals surface area contributed by atoms with Gasteiger partial charge in [-0.15, -0.1) is 0 Å². The molecule has 0 spiro atoms. The second-order valence-corrected chi connectivity index (χ2v) is 10.4. The number of esters is 1. The monoisotopic (exact) mass is 537 g/mol. The van der Waals surface area contributed by atoms with Crippen LogP contribution in [0.15, 0.2) is 39.9 Å². The molecule has 202 valence electrons. The predicted molar refractivity (Wildman–Crippen MR) is 141 cm³/mol. The molecule has 1 aliphatic heterocycles. The first-order valence-electron chi connectivity index (χ1n) is 11.4. The number of fused-ring (bicyclic) bond motifs is 1. The van der Waals surface area contributed by atoms with Gasteiger partial charge in [-0.05, 0) is 45.2 Å². The SMILES string of the molecule is C=S(C)c1ccc(Nc2c(C(=O)NOC[C@H]3COC(C)(C)O3)oc3c(C(=O)OCC)cncc23)c(F)c1.[HH].[HH]. The fourth-order valence-electron chi connectivity index (χ4n) is 3.69. The molecule has 1 amide bonds. The molecular formula is C25H32FN3O7S. The van der Waals surface area contributed by atoms with E-state index in [4.69, 9.17) is 23.5 Å². The van der Waals surface area contributed by atoms with Gasteiger partial charge in [0, 0.05) is 20.1 Å². The van der Waals surface area contributed by atoms with E-state index in [1.54, 1.807) is 26.8 Å². The predicted octanol–water partition coefficient (Wildman–Crippen LogP) is 4.88. The van der Waals surface area contributed by atoms with E-state index < -0.39 is 23.5 Å². The molecular weight excluding hydrogens is 505 g/mol. The summed E-state index contributed by atoms with van der Waals surface area (Å²) in [5.74, 6) is 0.957. The third-order valence-corrected chi connectivity index (χ3v) is 6.46. The molecule has 1 unspecified atom stereocenters. The summed E-state index contributed by atoms with van der Waals surface area (Å²) in [7, 11) is -0.388. The van der Waals surface area contributed by atoms with E-state index in [1.807, 2.05) is 6.26 Å². The number of benzene rings is 1. The van der Waals surface area contributed by atoms with Crippen LogP contribution in [0.5, 0.6) is 0 Å². The molecule has 12 heteroatoms. The smallest absolute Gasteiger partial charge is 0.343 e. The third-order valence-electron chi connectivity index (χ3n) is 5.40. The Hall–Kier alpha value is -3.32. The lowest BCUT2D eigenvalue weighted by molar-refractivity contribution is -0.147. The van der Waals surface area contributed by atoms with Gasteiger partial charge in [-0.3, -0.25) is 14.6 Å². The lowest BCUT2D eigenvalue weighted by Gasteiger charge is -2.17. The number of hydroxylamine groups is 1. The summed E-state index contributed by atoms with van der Waals surface area (Å²) in [6, 6.07) is 4.65. The number of nitrogens with one attached hydrogen (secondary N) is 2. The van der Waals surface area contributed by atoms with Crippen molar-refractivity contribution in [2.75, 3.05) is 31.4 Å². The largest absolute Gasteiger partial charge is 0.462 e. The Morgan fingerprint density at radius 3 is 2.78 bits per heavy atom. The Kier molecular flexibility index (Phi) is 7.93. The molecule has 1 saturated heterocycles. The Balaban J connectivity index is 0.00000267. The summed E-state index contributed by atoms with van der Waals surface area (Å²) < 4.78 is 36.9. The van der Waals surface area contributed by atoms with Gasteiger partial charge in [0.1, 0.15) is 29.8 Å². The number of furan rings is 1. The third kappa shape index (κ3) is 5.99. The van der Waals surface area contributed by atoms with Crippen LogP contribution in [0.2, 0.25) is 0 Å². The normalized spacial score (nSPS) is 17.5. The van der Waals surface area contributed by atoms with E-state index in [1.165, 1.54) is 24.5 Å². The van der Waals surface area contributed by atoms with Gasteiger partial charge >= 0.3 is 11.9 Å². The quantitative estimate of drug-likeness (QED) is 0.223. The number of rotatable bonds is 9. The number of amides is 1. The number of hydrogen-bond donors (Lipinski definition) is 2. The molecule has 0 aliphatic carbocycles. The maximum absolute atomic E-state index is 14.9. The van der Waals surface area contributed by atoms with Crippen LogP contribution < -0.4 is 10.8 Å². The zero-order valence-corrected chi connectivity index (χ0v) is 21.7. The van der Waals surface area contributed by atoms with Crippen molar-refractivity contribution in [3.05, 3.63) is 47.7 Å². The van der Waals surface area contributed by atoms with E-state index in [9.17, 15) is 14.0 Å². The van der Waals surface area contributed by atoms with Crippen molar-refractivity contribution in [1.82, 2.24) is 10.5 Å². The Morgan fingerprint density at radius 2 is 2.14 bits per heavy atom. The second-order valence-electron chi connectivity index (χ2n) is 8.69. The molecule has 0 radical (unpaired) electrons. The van der Waals surface area contributed by atoms with Gasteiger partial charge in [0.05, 0.1) is 24.3 Å². The van der Waals surface area contributed by atoms with Crippen molar-refractivity contribution in [1.29, 1.82) is 0 Å². The van der Waals surface area contributed by atoms with Crippen LogP contribution in [-0.4, -0.2) is 60.7 Å². The number of pyridine rings is 1. The van der Waals surface area contributed by atoms with Gasteiger partial charge in [0.25, 0.3) is 0 Å². The van der Waals surface area contributed by atoms with Crippen molar-refractivity contribution in [2.45, 2.75) is 37.6 Å². The average molecular weight is 538 g/mol. The van der Waals surface area contributed by atoms with E-state index >= 15 is 0 Å². The number of halogens is 1. The topological polar surface area (TPSA) is 121 Å². The maximum atomic E-state index is 14.9. The lowest BCUT2D eigenvalue weighted by atomic mass is 10.2. The fourth-order valence-corrected chi connectivity index (χ4v) is 4.30. The van der Waals surface area contributed by atoms with Gasteiger partial charge in [-0.1, -0.05) is 5.87 Å². The summed E-state index contributed by atoms with van der Waals surface area (Å²) in [6.07, 6.45) is 4.17. The van der Waals surface area contributed by atoms with Crippen LogP contribution in [0.25, 0.3) is 11.0 Å². The highest BCUT2D eigenvalue weighted by atomic mass is 32.2. The molecule has 37 heavy (non-hydrogen) atoms. The number of nitrogens with zero attached hydrogens (tertiary/aromatic N) is 1. The van der Waals surface area contributed by atoms with Crippen LogP contribution in [0, 0.1) is 5.82 Å². The molecule has 10 nitrogen and oxygen atoms in total. The van der Waals surface area contributed by atoms with E-state index in [0.717, 1.165) is 4.90 Å². The average Bonchev–Trinajstić information content (AvgIpc) is 3.39. The number of ether oxygens (including phenoxy) is 3. The van der Waals surface area contributed by atoms with Crippen LogP contribution >= 0.6 is 10.5 Å². The molecule has 4 rings (SSSR count). The maximum Gasteiger partial charge on any atom is 0.343 e. The van der Waals surface area contributed by atoms with Gasteiger partial charge in [-0.2, -0.15) is 10.5 Å². The Bertz CT molecular complexity index is 1370. The summed E-state index contributed by atoms with van der Waals surface area (Å²) in [5, 5.41) is 3.19. The fraction of sp³-hybridized carbons (Fsp3) is 0.360. The van der Waals surface area contributed by atoms with Crippen molar-refractivity contribution in [2.24, 2.45) is 0 Å². The molecule has 3 heterocycles. The van der Waals surface area contributed by atoms with Crippen LogP contribution in [-0.2, 0) is 19.0 Å². The van der Waals surface area contributed by atoms with Crippen LogP contribution in [0.1, 0.15) is 44.5 Å². The van der Waals surface area contributed by atoms with Crippen molar-refractivity contribution in [3.8, 4) is 0 Å². The second kappa shape index (κ2) is 11.0. The van der Waals surface area contributed by atoms with E-state index in [2.05, 4.69) is 21.7 Å². The Labute approximate surface area is 218 Å². The van der Waals surface area contributed by atoms with E-state index in [-0.39, 0.29) is 66.3 Å². The number of carbonyl (C=O) groups excluding carboxylic acids is 2. The van der Waals surface area contributed by atoms with Gasteiger partial charge in [-0.25, -0.2) is 14.7 Å². The van der Waals surface area contributed by atoms with Gasteiger partial charge in [0.15, 0.2) is 11.4 Å². The van der Waals surface area contributed by atoms with Crippen molar-refractivity contribution < 1.29 is 40.3 Å². The molecule has 0 bridgehead atoms. The number of anilines is 2. The van der Waals surface area contributed by atoms with Gasteiger partial charge in [0.2, 0.25) is 5.76 Å². The molecule has 3 aromatic rings. The minimum atomic E-state index is -0.767. The minimum Gasteiger partial charge on any atom is -0.462 e. The molecule has 2 N–H and O–H groups in total. The highest BCUT2D eigenvalue weighted by Gasteiger charge is 2.33. The number of aromatic nitrogens is 1. The highest BCUT2D eigenvalue weighted by molar-refractivity contribution is 8.13. The highest BCUT2D eigenvalue weighted by Crippen LogP contribution is 2.36. The first-order chi connectivity index (χ1) is 17.6. The standard InChI is InChI=1S/C25H28FN3O7S.2H2/c1-6-32-24(31)17-11-27-10-16-20(28-19-8-7-15(37(4)5)9-18(19)26)22(35-21(16)17)23(30)29-34-13-14-12-33-25(2,3)36-14;;/h7-11,14,28H,4,6,12-13H2,1-3,5H3,(H,29,30);2*1H/t14-,37?;;/m1../s1. The lowest BCUT2D eigenvalue weighted by Crippen LogP contribution is -2.30. The molecule has 1 aromatic carbocycles. The Morgan fingerprint density at radius 1 is 1.35 bits per heavy atom. The van der Waals surface area contributed by atoms with Crippen molar-refractivity contribution >= 4 is 50.6 Å². The van der Waals surface area contributed by atoms with Crippen LogP contribution in [0.4, 0.5) is 15.8 Å². The summed E-state index contributed by atoms with van der Waals surface area (Å²) >= 11 is 0. The first kappa shape index (κ1) is 26.7. The van der Waals surface area contributed by atoms with Crippen LogP contribution in [0.3, 0.4) is 0 Å². The molecule has 1 fully saturated rings. The van der Waals surface area contributed by atoms with Gasteiger partial charge < -0.3 is 23.9 Å². The zero-order chi connectivity index (χ0) is 26.7. The zero-order valence-electron chi connectivity index (χ0n) is 20.9. The molecule has 0 saturated carbocycles. The molecule has 2 aromatic heterocycles. The molecule has 2 atom stereocenters. The first-order valence-corrected chi connectivity index (χ1v) is 13.2. The molecule has 1 aliphatic rings. The number of hydrogen-bond acceptors (Lipinski definition) is 9. The minimum absolute atomic E-state index is 0. The summed E-state index contributed by atoms with van der Waals surface area (Å²) in [4.78, 5) is 35.7. The summed E-state index contributed by atoms with van der Waals surface area (Å²) in [5.41, 5.74) is 2.58. The van der Waals surface area contributed by atoms with E-state index in [0.29, 0.717) is 6.61 Å². The summed E-state index contributed by atoms with van der Waals surface area (Å²) in [6.45, 7) is 5.67.